The molecule has 1 heterocycles. The van der Waals surface area contributed by atoms with Crippen LogP contribution in [0.15, 0.2) is 24.4 Å². The van der Waals surface area contributed by atoms with Crippen molar-refractivity contribution in [2.45, 2.75) is 13.0 Å². The van der Waals surface area contributed by atoms with Gasteiger partial charge in [0.15, 0.2) is 0 Å². The number of amides is 1. The van der Waals surface area contributed by atoms with Gasteiger partial charge in [-0.15, -0.1) is 0 Å². The third-order valence-electron chi connectivity index (χ3n) is 1.51. The first kappa shape index (κ1) is 10.4. The van der Waals surface area contributed by atoms with Crippen LogP contribution in [-0.2, 0) is 11.3 Å². The van der Waals surface area contributed by atoms with Gasteiger partial charge in [0.05, 0.1) is 12.2 Å². The molecule has 1 aromatic heterocycles. The van der Waals surface area contributed by atoms with Crippen LogP contribution in [0.25, 0.3) is 0 Å². The molecule has 0 atom stereocenters. The number of pyridine rings is 1. The minimum Gasteiger partial charge on any atom is -0.350 e. The molecule has 1 rings (SSSR count). The molecule has 1 amide bonds. The molecule has 0 aromatic carbocycles. The van der Waals surface area contributed by atoms with Gasteiger partial charge in [-0.1, -0.05) is 28.7 Å². The summed E-state index contributed by atoms with van der Waals surface area (Å²) in [6.45, 7) is 0.524. The highest BCUT2D eigenvalue weighted by atomic mass is 127. The van der Waals surface area contributed by atoms with E-state index in [9.17, 15) is 4.79 Å². The molecule has 0 spiro atoms. The van der Waals surface area contributed by atoms with Crippen LogP contribution in [-0.4, -0.2) is 15.3 Å². The average Bonchev–Trinajstić information content (AvgIpc) is 2.17. The summed E-state index contributed by atoms with van der Waals surface area (Å²) in [5.74, 6) is 0.0834. The van der Waals surface area contributed by atoms with Crippen molar-refractivity contribution in [3.63, 3.8) is 0 Å². The van der Waals surface area contributed by atoms with Crippen LogP contribution in [0.1, 0.15) is 12.1 Å². The van der Waals surface area contributed by atoms with Crippen molar-refractivity contribution < 1.29 is 4.79 Å². The molecule has 0 bridgehead atoms. The number of aromatic nitrogens is 1. The van der Waals surface area contributed by atoms with Crippen molar-refractivity contribution in [2.24, 2.45) is 0 Å². The topological polar surface area (TPSA) is 42.0 Å². The SMILES string of the molecule is O=C(CCI)NCc1ccccn1. The number of halogens is 1. The Labute approximate surface area is 91.1 Å². The Hall–Kier alpha value is -0.650. The molecule has 0 aliphatic rings. The van der Waals surface area contributed by atoms with E-state index in [2.05, 4.69) is 32.9 Å². The zero-order chi connectivity index (χ0) is 9.52. The number of hydrogen-bond acceptors (Lipinski definition) is 2. The van der Waals surface area contributed by atoms with E-state index in [4.69, 9.17) is 0 Å². The van der Waals surface area contributed by atoms with Crippen molar-refractivity contribution in [2.75, 3.05) is 4.43 Å². The molecule has 1 aromatic rings. The predicted molar refractivity (Wildman–Crippen MR) is 59.6 cm³/mol. The fourth-order valence-corrected chi connectivity index (χ4v) is 1.36. The predicted octanol–water partition coefficient (Wildman–Crippen LogP) is 1.52. The number of carbonyl (C=O) groups excluding carboxylic acids is 1. The molecule has 70 valence electrons. The van der Waals surface area contributed by atoms with Crippen LogP contribution in [0.2, 0.25) is 0 Å². The van der Waals surface area contributed by atoms with Crippen molar-refractivity contribution in [1.29, 1.82) is 0 Å². The van der Waals surface area contributed by atoms with E-state index in [1.54, 1.807) is 6.20 Å². The molecule has 13 heavy (non-hydrogen) atoms. The summed E-state index contributed by atoms with van der Waals surface area (Å²) in [7, 11) is 0. The molecule has 0 fully saturated rings. The second-order valence-electron chi connectivity index (χ2n) is 2.54. The highest BCUT2D eigenvalue weighted by Crippen LogP contribution is 1.93. The molecular weight excluding hydrogens is 279 g/mol. The molecule has 4 heteroatoms. The number of rotatable bonds is 4. The normalized spacial score (nSPS) is 9.62. The number of alkyl halides is 1. The minimum atomic E-state index is 0.0834. The molecule has 0 aliphatic carbocycles. The maximum Gasteiger partial charge on any atom is 0.221 e. The Bertz CT molecular complexity index is 264. The van der Waals surface area contributed by atoms with Gasteiger partial charge in [0, 0.05) is 17.0 Å². The second-order valence-corrected chi connectivity index (χ2v) is 3.62. The Balaban J connectivity index is 2.31. The monoisotopic (exact) mass is 290 g/mol. The molecule has 1 N–H and O–H groups in total. The summed E-state index contributed by atoms with van der Waals surface area (Å²) in [6, 6.07) is 5.66. The van der Waals surface area contributed by atoms with E-state index < -0.39 is 0 Å². The first-order chi connectivity index (χ1) is 6.33. The summed E-state index contributed by atoms with van der Waals surface area (Å²) in [6.07, 6.45) is 2.30. The van der Waals surface area contributed by atoms with Crippen LogP contribution in [0.5, 0.6) is 0 Å². The van der Waals surface area contributed by atoms with Crippen LogP contribution < -0.4 is 5.32 Å². The fourth-order valence-electron chi connectivity index (χ4n) is 0.866. The third kappa shape index (κ3) is 4.21. The van der Waals surface area contributed by atoms with Crippen LogP contribution in [0, 0.1) is 0 Å². The van der Waals surface area contributed by atoms with E-state index >= 15 is 0 Å². The van der Waals surface area contributed by atoms with Crippen molar-refractivity contribution in [3.8, 4) is 0 Å². The van der Waals surface area contributed by atoms with Gasteiger partial charge < -0.3 is 5.32 Å². The summed E-state index contributed by atoms with van der Waals surface area (Å²) >= 11 is 2.18. The maximum absolute atomic E-state index is 11.1. The van der Waals surface area contributed by atoms with Crippen LogP contribution in [0.3, 0.4) is 0 Å². The molecule has 0 radical (unpaired) electrons. The zero-order valence-electron chi connectivity index (χ0n) is 7.16. The zero-order valence-corrected chi connectivity index (χ0v) is 9.32. The van der Waals surface area contributed by atoms with Gasteiger partial charge in [-0.3, -0.25) is 9.78 Å². The summed E-state index contributed by atoms with van der Waals surface area (Å²) < 4.78 is 0.853. The van der Waals surface area contributed by atoms with Crippen molar-refractivity contribution in [1.82, 2.24) is 10.3 Å². The quantitative estimate of drug-likeness (QED) is 0.675. The lowest BCUT2D eigenvalue weighted by atomic mass is 10.3. The molecule has 0 aliphatic heterocycles. The van der Waals surface area contributed by atoms with E-state index in [0.717, 1.165) is 10.1 Å². The Kier molecular flexibility index (Phi) is 4.74. The maximum atomic E-state index is 11.1. The minimum absolute atomic E-state index is 0.0834. The lowest BCUT2D eigenvalue weighted by Crippen LogP contribution is -2.23. The largest absolute Gasteiger partial charge is 0.350 e. The Morgan fingerprint density at radius 3 is 3.00 bits per heavy atom. The van der Waals surface area contributed by atoms with Crippen molar-refractivity contribution >= 4 is 28.5 Å². The number of nitrogens with one attached hydrogen (secondary N) is 1. The van der Waals surface area contributed by atoms with Gasteiger partial charge in [0.1, 0.15) is 0 Å². The van der Waals surface area contributed by atoms with Crippen molar-refractivity contribution in [3.05, 3.63) is 30.1 Å². The Morgan fingerprint density at radius 1 is 1.54 bits per heavy atom. The molecule has 0 saturated carbocycles. The summed E-state index contributed by atoms with van der Waals surface area (Å²) in [5.41, 5.74) is 0.893. The lowest BCUT2D eigenvalue weighted by Gasteiger charge is -2.02. The van der Waals surface area contributed by atoms with Gasteiger partial charge >= 0.3 is 0 Å². The van der Waals surface area contributed by atoms with E-state index in [1.165, 1.54) is 0 Å². The number of carbonyl (C=O) groups is 1. The smallest absolute Gasteiger partial charge is 0.221 e. The molecular formula is C9H11IN2O. The molecule has 0 saturated heterocycles. The standard InChI is InChI=1S/C9H11IN2O/c10-5-4-9(13)12-7-8-3-1-2-6-11-8/h1-3,6H,4-5,7H2,(H,12,13). The first-order valence-corrected chi connectivity index (χ1v) is 5.58. The highest BCUT2D eigenvalue weighted by molar-refractivity contribution is 14.1. The second kappa shape index (κ2) is 5.90. The third-order valence-corrected chi connectivity index (χ3v) is 2.05. The summed E-state index contributed by atoms with van der Waals surface area (Å²) in [5, 5.41) is 2.79. The Morgan fingerprint density at radius 2 is 2.38 bits per heavy atom. The van der Waals surface area contributed by atoms with Crippen LogP contribution in [0.4, 0.5) is 0 Å². The fraction of sp³-hybridized carbons (Fsp3) is 0.333. The first-order valence-electron chi connectivity index (χ1n) is 4.05. The van der Waals surface area contributed by atoms with Crippen LogP contribution >= 0.6 is 22.6 Å². The highest BCUT2D eigenvalue weighted by Gasteiger charge is 1.99. The number of nitrogens with zero attached hydrogens (tertiary/aromatic N) is 1. The van der Waals surface area contributed by atoms with E-state index in [0.29, 0.717) is 13.0 Å². The van der Waals surface area contributed by atoms with Gasteiger partial charge in [-0.25, -0.2) is 0 Å². The number of hydrogen-bond donors (Lipinski definition) is 1. The molecule has 0 unspecified atom stereocenters. The van der Waals surface area contributed by atoms with E-state index in [-0.39, 0.29) is 5.91 Å². The van der Waals surface area contributed by atoms with Gasteiger partial charge in [0.25, 0.3) is 0 Å². The summed E-state index contributed by atoms with van der Waals surface area (Å²) in [4.78, 5) is 15.2. The molecule has 3 nitrogen and oxygen atoms in total. The van der Waals surface area contributed by atoms with Gasteiger partial charge in [0.2, 0.25) is 5.91 Å². The lowest BCUT2D eigenvalue weighted by molar-refractivity contribution is -0.120. The van der Waals surface area contributed by atoms with Gasteiger partial charge in [-0.2, -0.15) is 0 Å². The average molecular weight is 290 g/mol. The van der Waals surface area contributed by atoms with E-state index in [1.807, 2.05) is 18.2 Å². The van der Waals surface area contributed by atoms with Gasteiger partial charge in [-0.05, 0) is 12.1 Å².